The Hall–Kier alpha value is -3.42. The zero-order chi connectivity index (χ0) is 20.4. The average molecular weight is 393 g/mol. The second kappa shape index (κ2) is 7.54. The third-order valence-electron chi connectivity index (χ3n) is 4.78. The number of nitrogens with one attached hydrogen (secondary N) is 1. The standard InChI is InChI=1S/C21H23N5O3/c1-21(2)12-17(16-9-4-5-10-18(16)29-21)22-19(27)13-26-24-20(23-25-26)14-7-6-8-15(11-14)28-3/h4-11,17H,12-13H2,1-3H3,(H,22,27). The molecule has 2 aromatic carbocycles. The van der Waals surface area contributed by atoms with E-state index in [2.05, 4.69) is 20.7 Å². The summed E-state index contributed by atoms with van der Waals surface area (Å²) < 4.78 is 11.2. The second-order valence-corrected chi connectivity index (χ2v) is 7.60. The van der Waals surface area contributed by atoms with Crippen molar-refractivity contribution in [1.29, 1.82) is 0 Å². The summed E-state index contributed by atoms with van der Waals surface area (Å²) in [5.74, 6) is 1.76. The first-order valence-electron chi connectivity index (χ1n) is 9.43. The number of amides is 1. The molecule has 0 bridgehead atoms. The molecule has 2 heterocycles. The summed E-state index contributed by atoms with van der Waals surface area (Å²) in [5, 5.41) is 15.4. The third-order valence-corrected chi connectivity index (χ3v) is 4.78. The van der Waals surface area contributed by atoms with Gasteiger partial charge in [-0.2, -0.15) is 4.80 Å². The Labute approximate surface area is 168 Å². The van der Waals surface area contributed by atoms with Gasteiger partial charge in [-0.15, -0.1) is 10.2 Å². The van der Waals surface area contributed by atoms with E-state index in [0.717, 1.165) is 16.9 Å². The van der Waals surface area contributed by atoms with E-state index < -0.39 is 0 Å². The van der Waals surface area contributed by atoms with Crippen LogP contribution in [0.1, 0.15) is 31.9 Å². The minimum Gasteiger partial charge on any atom is -0.497 e. The maximum absolute atomic E-state index is 12.6. The number of fused-ring (bicyclic) bond motifs is 1. The van der Waals surface area contributed by atoms with Gasteiger partial charge in [0.25, 0.3) is 0 Å². The van der Waals surface area contributed by atoms with Crippen molar-refractivity contribution in [1.82, 2.24) is 25.5 Å². The van der Waals surface area contributed by atoms with Crippen LogP contribution in [0.2, 0.25) is 0 Å². The lowest BCUT2D eigenvalue weighted by Crippen LogP contribution is -2.42. The highest BCUT2D eigenvalue weighted by atomic mass is 16.5. The van der Waals surface area contributed by atoms with Crippen LogP contribution in [-0.4, -0.2) is 38.8 Å². The van der Waals surface area contributed by atoms with Crippen LogP contribution in [0.15, 0.2) is 48.5 Å². The number of rotatable bonds is 5. The largest absolute Gasteiger partial charge is 0.497 e. The number of carbonyl (C=O) groups is 1. The van der Waals surface area contributed by atoms with E-state index in [1.165, 1.54) is 4.80 Å². The summed E-state index contributed by atoms with van der Waals surface area (Å²) in [5.41, 5.74) is 1.39. The van der Waals surface area contributed by atoms with Crippen LogP contribution in [0.5, 0.6) is 11.5 Å². The van der Waals surface area contributed by atoms with Gasteiger partial charge in [-0.25, -0.2) is 0 Å². The Morgan fingerprint density at radius 2 is 2.10 bits per heavy atom. The predicted octanol–water partition coefficient (Wildman–Crippen LogP) is 2.77. The molecular formula is C21H23N5O3. The predicted molar refractivity (Wildman–Crippen MR) is 106 cm³/mol. The molecule has 1 aliphatic heterocycles. The van der Waals surface area contributed by atoms with E-state index in [1.807, 2.05) is 62.4 Å². The van der Waals surface area contributed by atoms with Crippen molar-refractivity contribution in [2.45, 2.75) is 38.5 Å². The van der Waals surface area contributed by atoms with Crippen LogP contribution in [0.4, 0.5) is 0 Å². The van der Waals surface area contributed by atoms with Gasteiger partial charge in [0.1, 0.15) is 23.6 Å². The molecule has 1 amide bonds. The summed E-state index contributed by atoms with van der Waals surface area (Å²) in [6.45, 7) is 4.01. The molecule has 0 saturated carbocycles. The molecule has 1 N–H and O–H groups in total. The van der Waals surface area contributed by atoms with Crippen molar-refractivity contribution >= 4 is 5.91 Å². The topological polar surface area (TPSA) is 91.2 Å². The van der Waals surface area contributed by atoms with Crippen LogP contribution < -0.4 is 14.8 Å². The van der Waals surface area contributed by atoms with Crippen molar-refractivity contribution in [2.75, 3.05) is 7.11 Å². The molecule has 0 fully saturated rings. The molecule has 29 heavy (non-hydrogen) atoms. The molecule has 150 valence electrons. The minimum absolute atomic E-state index is 0.0169. The van der Waals surface area contributed by atoms with Crippen molar-refractivity contribution in [2.24, 2.45) is 0 Å². The van der Waals surface area contributed by atoms with E-state index in [1.54, 1.807) is 7.11 Å². The average Bonchev–Trinajstić information content (AvgIpc) is 3.15. The van der Waals surface area contributed by atoms with Gasteiger partial charge in [0.15, 0.2) is 0 Å². The fourth-order valence-corrected chi connectivity index (χ4v) is 3.49. The number of methoxy groups -OCH3 is 1. The highest BCUT2D eigenvalue weighted by Gasteiger charge is 2.34. The number of hydrogen-bond acceptors (Lipinski definition) is 6. The van der Waals surface area contributed by atoms with Gasteiger partial charge >= 0.3 is 0 Å². The molecule has 0 radical (unpaired) electrons. The lowest BCUT2D eigenvalue weighted by Gasteiger charge is -2.37. The molecule has 1 atom stereocenters. The van der Waals surface area contributed by atoms with Crippen molar-refractivity contribution < 1.29 is 14.3 Å². The highest BCUT2D eigenvalue weighted by Crippen LogP contribution is 2.39. The fourth-order valence-electron chi connectivity index (χ4n) is 3.49. The monoisotopic (exact) mass is 393 g/mol. The summed E-state index contributed by atoms with van der Waals surface area (Å²) in [7, 11) is 1.60. The Balaban J connectivity index is 1.46. The number of nitrogens with zero attached hydrogens (tertiary/aromatic N) is 4. The van der Waals surface area contributed by atoms with E-state index in [0.29, 0.717) is 18.0 Å². The van der Waals surface area contributed by atoms with Crippen LogP contribution in [0.25, 0.3) is 11.4 Å². The van der Waals surface area contributed by atoms with E-state index in [-0.39, 0.29) is 24.1 Å². The molecule has 1 aliphatic rings. The normalized spacial score (nSPS) is 17.1. The van der Waals surface area contributed by atoms with Gasteiger partial charge in [-0.1, -0.05) is 30.3 Å². The summed E-state index contributed by atoms with van der Waals surface area (Å²) in [6.07, 6.45) is 0.676. The molecule has 1 aromatic heterocycles. The van der Waals surface area contributed by atoms with Gasteiger partial charge in [-0.05, 0) is 37.3 Å². The molecule has 1 unspecified atom stereocenters. The number of benzene rings is 2. The Kier molecular flexibility index (Phi) is 4.92. The highest BCUT2D eigenvalue weighted by molar-refractivity contribution is 5.76. The van der Waals surface area contributed by atoms with Crippen LogP contribution in [-0.2, 0) is 11.3 Å². The number of ether oxygens (including phenoxy) is 2. The molecule has 0 aliphatic carbocycles. The van der Waals surface area contributed by atoms with Gasteiger partial charge in [0, 0.05) is 17.5 Å². The van der Waals surface area contributed by atoms with Gasteiger partial charge in [0.05, 0.1) is 13.2 Å². The number of tetrazole rings is 1. The molecule has 3 aromatic rings. The maximum atomic E-state index is 12.6. The second-order valence-electron chi connectivity index (χ2n) is 7.60. The molecular weight excluding hydrogens is 370 g/mol. The van der Waals surface area contributed by atoms with Crippen LogP contribution in [0.3, 0.4) is 0 Å². The summed E-state index contributed by atoms with van der Waals surface area (Å²) in [6, 6.07) is 15.0. The smallest absolute Gasteiger partial charge is 0.244 e. The van der Waals surface area contributed by atoms with Gasteiger partial charge in [-0.3, -0.25) is 4.79 Å². The molecule has 4 rings (SSSR count). The van der Waals surface area contributed by atoms with E-state index >= 15 is 0 Å². The minimum atomic E-state index is -0.364. The zero-order valence-electron chi connectivity index (χ0n) is 16.6. The Morgan fingerprint density at radius 3 is 2.93 bits per heavy atom. The first kappa shape index (κ1) is 18.9. The fraction of sp³-hybridized carbons (Fsp3) is 0.333. The first-order chi connectivity index (χ1) is 13.9. The third kappa shape index (κ3) is 4.21. The Morgan fingerprint density at radius 1 is 1.28 bits per heavy atom. The van der Waals surface area contributed by atoms with Crippen molar-refractivity contribution in [3.63, 3.8) is 0 Å². The van der Waals surface area contributed by atoms with E-state index in [4.69, 9.17) is 9.47 Å². The molecule has 0 spiro atoms. The van der Waals surface area contributed by atoms with Crippen LogP contribution >= 0.6 is 0 Å². The van der Waals surface area contributed by atoms with Gasteiger partial charge in [0.2, 0.25) is 11.7 Å². The first-order valence-corrected chi connectivity index (χ1v) is 9.43. The number of aromatic nitrogens is 4. The number of para-hydroxylation sites is 1. The Bertz CT molecular complexity index is 1030. The molecule has 8 nitrogen and oxygen atoms in total. The number of hydrogen-bond donors (Lipinski definition) is 1. The van der Waals surface area contributed by atoms with Crippen LogP contribution in [0, 0.1) is 0 Å². The van der Waals surface area contributed by atoms with E-state index in [9.17, 15) is 4.79 Å². The van der Waals surface area contributed by atoms with Crippen molar-refractivity contribution in [3.05, 3.63) is 54.1 Å². The zero-order valence-corrected chi connectivity index (χ0v) is 16.6. The lowest BCUT2D eigenvalue weighted by atomic mass is 9.89. The summed E-state index contributed by atoms with van der Waals surface area (Å²) in [4.78, 5) is 13.9. The molecule has 8 heteroatoms. The summed E-state index contributed by atoms with van der Waals surface area (Å²) >= 11 is 0. The maximum Gasteiger partial charge on any atom is 0.244 e. The van der Waals surface area contributed by atoms with Gasteiger partial charge < -0.3 is 14.8 Å². The number of carbonyl (C=O) groups excluding carboxylic acids is 1. The molecule has 0 saturated heterocycles. The quantitative estimate of drug-likeness (QED) is 0.717. The van der Waals surface area contributed by atoms with Crippen molar-refractivity contribution in [3.8, 4) is 22.9 Å². The lowest BCUT2D eigenvalue weighted by molar-refractivity contribution is -0.123. The SMILES string of the molecule is COc1cccc(-c2nnn(CC(=O)NC3CC(C)(C)Oc4ccccc43)n2)c1.